The number of nitrogens with two attached hydrogens (primary N) is 1. The molecular formula is C9H18N4. The second-order valence-corrected chi connectivity index (χ2v) is 4.06. The van der Waals surface area contributed by atoms with E-state index < -0.39 is 0 Å². The number of nitrogens with one attached hydrogen (secondary N) is 1. The first-order valence-corrected chi connectivity index (χ1v) is 4.47. The van der Waals surface area contributed by atoms with Gasteiger partial charge in [-0.3, -0.25) is 4.68 Å². The van der Waals surface area contributed by atoms with Gasteiger partial charge in [-0.05, 0) is 12.0 Å². The molecular weight excluding hydrogens is 164 g/mol. The molecule has 0 spiro atoms. The van der Waals surface area contributed by atoms with E-state index in [-0.39, 0.29) is 5.41 Å². The van der Waals surface area contributed by atoms with E-state index in [1.54, 1.807) is 6.20 Å². The lowest BCUT2D eigenvalue weighted by atomic mass is 9.94. The Morgan fingerprint density at radius 1 is 1.62 bits per heavy atom. The molecule has 0 radical (unpaired) electrons. The van der Waals surface area contributed by atoms with Crippen molar-refractivity contribution in [2.45, 2.75) is 13.8 Å². The normalized spacial score (nSPS) is 11.7. The molecule has 4 nitrogen and oxygen atoms in total. The summed E-state index contributed by atoms with van der Waals surface area (Å²) >= 11 is 0. The largest absolute Gasteiger partial charge is 0.370 e. The van der Waals surface area contributed by atoms with Crippen LogP contribution in [0.15, 0.2) is 12.3 Å². The lowest BCUT2D eigenvalue weighted by Crippen LogP contribution is -2.31. The Kier molecular flexibility index (Phi) is 2.93. The van der Waals surface area contributed by atoms with Crippen LogP contribution in [-0.4, -0.2) is 22.9 Å². The van der Waals surface area contributed by atoms with E-state index in [9.17, 15) is 0 Å². The molecule has 4 heteroatoms. The molecule has 1 aromatic rings. The highest BCUT2D eigenvalue weighted by Gasteiger charge is 2.15. The Balaban J connectivity index is 2.48. The van der Waals surface area contributed by atoms with Crippen molar-refractivity contribution < 1.29 is 0 Å². The van der Waals surface area contributed by atoms with Gasteiger partial charge in [-0.15, -0.1) is 0 Å². The molecule has 0 aromatic carbocycles. The van der Waals surface area contributed by atoms with Crippen LogP contribution in [0, 0.1) is 5.41 Å². The maximum absolute atomic E-state index is 5.62. The van der Waals surface area contributed by atoms with Gasteiger partial charge in [0, 0.05) is 19.7 Å². The highest BCUT2D eigenvalue weighted by molar-refractivity contribution is 5.33. The Bertz CT molecular complexity index is 264. The SMILES string of the molecule is Cn1nccc1NCC(C)(C)CN. The first-order chi connectivity index (χ1) is 6.05. The molecule has 0 saturated heterocycles. The second kappa shape index (κ2) is 3.79. The number of rotatable bonds is 4. The monoisotopic (exact) mass is 182 g/mol. The predicted molar refractivity (Wildman–Crippen MR) is 54.5 cm³/mol. The fraction of sp³-hybridized carbons (Fsp3) is 0.667. The molecule has 0 fully saturated rings. The van der Waals surface area contributed by atoms with Gasteiger partial charge in [0.2, 0.25) is 0 Å². The van der Waals surface area contributed by atoms with Crippen LogP contribution in [0.5, 0.6) is 0 Å². The summed E-state index contributed by atoms with van der Waals surface area (Å²) in [5.74, 6) is 1.03. The van der Waals surface area contributed by atoms with Crippen molar-refractivity contribution >= 4 is 5.82 Å². The fourth-order valence-corrected chi connectivity index (χ4v) is 0.949. The third-order valence-corrected chi connectivity index (χ3v) is 2.12. The zero-order valence-corrected chi connectivity index (χ0v) is 8.54. The van der Waals surface area contributed by atoms with E-state index in [0.29, 0.717) is 6.54 Å². The predicted octanol–water partition coefficient (Wildman–Crippen LogP) is 0.817. The van der Waals surface area contributed by atoms with Crippen LogP contribution in [-0.2, 0) is 7.05 Å². The van der Waals surface area contributed by atoms with Crippen molar-refractivity contribution in [3.05, 3.63) is 12.3 Å². The molecule has 1 aromatic heterocycles. The van der Waals surface area contributed by atoms with Gasteiger partial charge in [0.05, 0.1) is 6.20 Å². The Labute approximate surface area is 79.1 Å². The van der Waals surface area contributed by atoms with Gasteiger partial charge >= 0.3 is 0 Å². The molecule has 74 valence electrons. The van der Waals surface area contributed by atoms with Crippen LogP contribution in [0.3, 0.4) is 0 Å². The van der Waals surface area contributed by atoms with Crippen LogP contribution in [0.1, 0.15) is 13.8 Å². The average molecular weight is 182 g/mol. The minimum Gasteiger partial charge on any atom is -0.370 e. The molecule has 0 aliphatic heterocycles. The molecule has 0 atom stereocenters. The first kappa shape index (κ1) is 10.1. The minimum absolute atomic E-state index is 0.129. The van der Waals surface area contributed by atoms with E-state index in [4.69, 9.17) is 5.73 Å². The summed E-state index contributed by atoms with van der Waals surface area (Å²) in [4.78, 5) is 0. The van der Waals surface area contributed by atoms with E-state index in [1.165, 1.54) is 0 Å². The molecule has 3 N–H and O–H groups in total. The van der Waals surface area contributed by atoms with Crippen molar-refractivity contribution in [3.63, 3.8) is 0 Å². The third-order valence-electron chi connectivity index (χ3n) is 2.12. The van der Waals surface area contributed by atoms with Crippen molar-refractivity contribution in [1.29, 1.82) is 0 Å². The van der Waals surface area contributed by atoms with Gasteiger partial charge in [0.1, 0.15) is 5.82 Å². The number of aryl methyl sites for hydroxylation is 1. The molecule has 0 aliphatic carbocycles. The van der Waals surface area contributed by atoms with Crippen molar-refractivity contribution in [2.75, 3.05) is 18.4 Å². The number of hydrogen-bond donors (Lipinski definition) is 2. The molecule has 0 amide bonds. The number of hydrogen-bond acceptors (Lipinski definition) is 3. The first-order valence-electron chi connectivity index (χ1n) is 4.47. The molecule has 0 aliphatic rings. The van der Waals surface area contributed by atoms with Crippen molar-refractivity contribution in [3.8, 4) is 0 Å². The molecule has 13 heavy (non-hydrogen) atoms. The summed E-state index contributed by atoms with van der Waals surface area (Å²) in [6.07, 6.45) is 1.78. The lowest BCUT2D eigenvalue weighted by molar-refractivity contribution is 0.404. The number of anilines is 1. The van der Waals surface area contributed by atoms with Gasteiger partial charge < -0.3 is 11.1 Å². The Hall–Kier alpha value is -1.03. The zero-order valence-electron chi connectivity index (χ0n) is 8.54. The van der Waals surface area contributed by atoms with Crippen molar-refractivity contribution in [2.24, 2.45) is 18.2 Å². The van der Waals surface area contributed by atoms with Gasteiger partial charge in [-0.1, -0.05) is 13.8 Å². The van der Waals surface area contributed by atoms with Gasteiger partial charge in [0.25, 0.3) is 0 Å². The zero-order chi connectivity index (χ0) is 9.90. The maximum Gasteiger partial charge on any atom is 0.123 e. The smallest absolute Gasteiger partial charge is 0.123 e. The quantitative estimate of drug-likeness (QED) is 0.724. The van der Waals surface area contributed by atoms with E-state index in [0.717, 1.165) is 12.4 Å². The topological polar surface area (TPSA) is 55.9 Å². The molecule has 0 bridgehead atoms. The Morgan fingerprint density at radius 3 is 2.77 bits per heavy atom. The summed E-state index contributed by atoms with van der Waals surface area (Å²) in [5.41, 5.74) is 5.75. The molecule has 0 saturated carbocycles. The highest BCUT2D eigenvalue weighted by atomic mass is 15.3. The molecule has 1 heterocycles. The summed E-state index contributed by atoms with van der Waals surface area (Å²) in [7, 11) is 1.91. The minimum atomic E-state index is 0.129. The van der Waals surface area contributed by atoms with Gasteiger partial charge in [-0.2, -0.15) is 5.10 Å². The summed E-state index contributed by atoms with van der Waals surface area (Å²) < 4.78 is 1.81. The number of nitrogens with zero attached hydrogens (tertiary/aromatic N) is 2. The summed E-state index contributed by atoms with van der Waals surface area (Å²) in [6.45, 7) is 5.81. The van der Waals surface area contributed by atoms with E-state index in [2.05, 4.69) is 24.3 Å². The van der Waals surface area contributed by atoms with Crippen LogP contribution in [0.25, 0.3) is 0 Å². The van der Waals surface area contributed by atoms with Crippen LogP contribution in [0.2, 0.25) is 0 Å². The maximum atomic E-state index is 5.62. The lowest BCUT2D eigenvalue weighted by Gasteiger charge is -2.23. The van der Waals surface area contributed by atoms with Gasteiger partial charge in [-0.25, -0.2) is 0 Å². The number of aromatic nitrogens is 2. The van der Waals surface area contributed by atoms with Crippen LogP contribution >= 0.6 is 0 Å². The third kappa shape index (κ3) is 2.73. The standard InChI is InChI=1S/C9H18N4/c1-9(2,6-10)7-11-8-4-5-12-13(8)3/h4-5,11H,6-7,10H2,1-3H3. The second-order valence-electron chi connectivity index (χ2n) is 4.06. The summed E-state index contributed by atoms with van der Waals surface area (Å²) in [5, 5.41) is 7.37. The van der Waals surface area contributed by atoms with Gasteiger partial charge in [0.15, 0.2) is 0 Å². The summed E-state index contributed by atoms with van der Waals surface area (Å²) in [6, 6.07) is 1.95. The van der Waals surface area contributed by atoms with E-state index in [1.807, 2.05) is 17.8 Å². The highest BCUT2D eigenvalue weighted by Crippen LogP contribution is 2.14. The van der Waals surface area contributed by atoms with E-state index >= 15 is 0 Å². The Morgan fingerprint density at radius 2 is 2.31 bits per heavy atom. The molecule has 1 rings (SSSR count). The molecule has 0 unspecified atom stereocenters. The van der Waals surface area contributed by atoms with Crippen LogP contribution < -0.4 is 11.1 Å². The fourth-order valence-electron chi connectivity index (χ4n) is 0.949. The van der Waals surface area contributed by atoms with Crippen molar-refractivity contribution in [1.82, 2.24) is 9.78 Å². The average Bonchev–Trinajstić information content (AvgIpc) is 2.48. The van der Waals surface area contributed by atoms with Crippen LogP contribution in [0.4, 0.5) is 5.82 Å².